The standard InChI is InChI=1S/C20H26N2O2/c1-3-13-8-12-9-16-18(13)22(11-12)7-6-20(16)19(23)15-10-14(24-2)4-5-17(15)21-20/h4-5,10,12-13,16,18,21H,3,6-9,11H2,1-2H3/t12-,13+,16-,18+,20+/m1/s1. The highest BCUT2D eigenvalue weighted by Gasteiger charge is 2.61. The first kappa shape index (κ1) is 14.8. The van der Waals surface area contributed by atoms with Gasteiger partial charge >= 0.3 is 0 Å². The molecule has 4 aliphatic heterocycles. The van der Waals surface area contributed by atoms with E-state index >= 15 is 0 Å². The maximum Gasteiger partial charge on any atom is 0.190 e. The molecule has 1 aromatic rings. The Balaban J connectivity index is 1.56. The van der Waals surface area contributed by atoms with E-state index < -0.39 is 0 Å². The number of hydrogen-bond donors (Lipinski definition) is 1. The second-order valence-corrected chi connectivity index (χ2v) is 8.18. The second kappa shape index (κ2) is 4.98. The van der Waals surface area contributed by atoms with Crippen molar-refractivity contribution in [2.45, 2.75) is 44.2 Å². The van der Waals surface area contributed by atoms with Crippen LogP contribution in [0.1, 0.15) is 43.0 Å². The van der Waals surface area contributed by atoms with E-state index in [0.29, 0.717) is 17.7 Å². The predicted molar refractivity (Wildman–Crippen MR) is 93.7 cm³/mol. The van der Waals surface area contributed by atoms with Crippen LogP contribution in [0, 0.1) is 17.8 Å². The van der Waals surface area contributed by atoms with Crippen molar-refractivity contribution < 1.29 is 9.53 Å². The number of nitrogens with one attached hydrogen (secondary N) is 1. The van der Waals surface area contributed by atoms with Crippen LogP contribution in [-0.4, -0.2) is 42.5 Å². The number of methoxy groups -OCH3 is 1. The van der Waals surface area contributed by atoms with E-state index in [4.69, 9.17) is 4.74 Å². The molecule has 0 amide bonds. The molecule has 0 aromatic heterocycles. The number of piperidine rings is 3. The van der Waals surface area contributed by atoms with E-state index in [-0.39, 0.29) is 5.54 Å². The van der Waals surface area contributed by atoms with E-state index in [1.165, 1.54) is 25.8 Å². The molecule has 128 valence electrons. The summed E-state index contributed by atoms with van der Waals surface area (Å²) in [5.41, 5.74) is 1.46. The van der Waals surface area contributed by atoms with Gasteiger partial charge in [0.15, 0.2) is 5.78 Å². The van der Waals surface area contributed by atoms with E-state index in [1.54, 1.807) is 7.11 Å². The average molecular weight is 326 g/mol. The lowest BCUT2D eigenvalue weighted by Gasteiger charge is -2.62. The normalized spacial score (nSPS) is 42.1. The Morgan fingerprint density at radius 1 is 1.38 bits per heavy atom. The predicted octanol–water partition coefficient (Wildman–Crippen LogP) is 3.18. The third kappa shape index (κ3) is 1.75. The SMILES string of the molecule is CC[C@H]1C[C@@H]2C[C@@H]3[C@H]1N(CC[C@]31Nc3ccc(OC)cc3C1=O)C2. The highest BCUT2D eigenvalue weighted by atomic mass is 16.5. The molecule has 1 aromatic carbocycles. The Morgan fingerprint density at radius 3 is 3.04 bits per heavy atom. The highest BCUT2D eigenvalue weighted by Crippen LogP contribution is 2.55. The van der Waals surface area contributed by atoms with Crippen molar-refractivity contribution in [2.75, 3.05) is 25.5 Å². The van der Waals surface area contributed by atoms with Gasteiger partial charge in [-0.05, 0) is 49.3 Å². The van der Waals surface area contributed by atoms with Crippen molar-refractivity contribution in [1.82, 2.24) is 4.90 Å². The summed E-state index contributed by atoms with van der Waals surface area (Å²) in [6.45, 7) is 4.62. The van der Waals surface area contributed by atoms with Crippen LogP contribution < -0.4 is 10.1 Å². The molecule has 1 spiro atoms. The summed E-state index contributed by atoms with van der Waals surface area (Å²) in [7, 11) is 1.66. The molecule has 6 atom stereocenters. The van der Waals surface area contributed by atoms with Gasteiger partial charge in [0.2, 0.25) is 0 Å². The topological polar surface area (TPSA) is 41.6 Å². The fraction of sp³-hybridized carbons (Fsp3) is 0.650. The van der Waals surface area contributed by atoms with Gasteiger partial charge in [-0.25, -0.2) is 0 Å². The molecule has 4 fully saturated rings. The molecule has 5 aliphatic rings. The molecule has 4 heterocycles. The minimum Gasteiger partial charge on any atom is -0.497 e. The second-order valence-electron chi connectivity index (χ2n) is 8.18. The number of Topliss-reactive ketones (excluding diaryl/α,β-unsaturated/α-hetero) is 1. The first-order valence-corrected chi connectivity index (χ1v) is 9.41. The molecule has 6 rings (SSSR count). The zero-order valence-electron chi connectivity index (χ0n) is 14.5. The fourth-order valence-electron chi connectivity index (χ4n) is 6.21. The lowest BCUT2D eigenvalue weighted by molar-refractivity contribution is -0.0893. The van der Waals surface area contributed by atoms with E-state index in [0.717, 1.165) is 41.8 Å². The van der Waals surface area contributed by atoms with Crippen LogP contribution in [0.2, 0.25) is 0 Å². The number of nitrogens with zero attached hydrogens (tertiary/aromatic N) is 1. The van der Waals surface area contributed by atoms with Gasteiger partial charge in [0.1, 0.15) is 11.3 Å². The average Bonchev–Trinajstić information content (AvgIpc) is 2.91. The fourth-order valence-corrected chi connectivity index (χ4v) is 6.21. The van der Waals surface area contributed by atoms with Gasteiger partial charge in [0.05, 0.1) is 7.11 Å². The van der Waals surface area contributed by atoms with Crippen LogP contribution in [0.15, 0.2) is 18.2 Å². The third-order valence-corrected chi connectivity index (χ3v) is 7.22. The molecular weight excluding hydrogens is 300 g/mol. The van der Waals surface area contributed by atoms with Gasteiger partial charge in [0.25, 0.3) is 0 Å². The van der Waals surface area contributed by atoms with Crippen molar-refractivity contribution in [1.29, 1.82) is 0 Å². The van der Waals surface area contributed by atoms with Crippen molar-refractivity contribution in [3.63, 3.8) is 0 Å². The van der Waals surface area contributed by atoms with Gasteiger partial charge in [-0.15, -0.1) is 0 Å². The molecule has 4 nitrogen and oxygen atoms in total. The van der Waals surface area contributed by atoms with Gasteiger partial charge in [-0.2, -0.15) is 0 Å². The first-order valence-electron chi connectivity index (χ1n) is 9.41. The number of anilines is 1. The number of hydrogen-bond acceptors (Lipinski definition) is 4. The highest BCUT2D eigenvalue weighted by molar-refractivity contribution is 6.14. The monoisotopic (exact) mass is 326 g/mol. The summed E-state index contributed by atoms with van der Waals surface area (Å²) in [6, 6.07) is 6.48. The van der Waals surface area contributed by atoms with Crippen molar-refractivity contribution in [2.24, 2.45) is 17.8 Å². The zero-order chi connectivity index (χ0) is 16.5. The van der Waals surface area contributed by atoms with Crippen molar-refractivity contribution in [3.8, 4) is 5.75 Å². The lowest BCUT2D eigenvalue weighted by atomic mass is 9.56. The minimum atomic E-state index is -0.373. The van der Waals surface area contributed by atoms with E-state index in [1.807, 2.05) is 18.2 Å². The molecule has 0 radical (unpaired) electrons. The Bertz CT molecular complexity index is 695. The molecule has 1 saturated carbocycles. The minimum absolute atomic E-state index is 0.309. The van der Waals surface area contributed by atoms with Crippen molar-refractivity contribution in [3.05, 3.63) is 23.8 Å². The number of benzene rings is 1. The summed E-state index contributed by atoms with van der Waals surface area (Å²) < 4.78 is 5.34. The number of fused-ring (bicyclic) bond motifs is 2. The van der Waals surface area contributed by atoms with Crippen LogP contribution in [0.4, 0.5) is 5.69 Å². The Hall–Kier alpha value is -1.55. The van der Waals surface area contributed by atoms with Gasteiger partial charge < -0.3 is 10.1 Å². The lowest BCUT2D eigenvalue weighted by Crippen LogP contribution is -2.70. The number of carbonyl (C=O) groups is 1. The summed E-state index contributed by atoms with van der Waals surface area (Å²) in [4.78, 5) is 16.2. The molecule has 1 N–H and O–H groups in total. The molecule has 4 bridgehead atoms. The largest absolute Gasteiger partial charge is 0.497 e. The summed E-state index contributed by atoms with van der Waals surface area (Å²) in [6.07, 6.45) is 4.74. The summed E-state index contributed by atoms with van der Waals surface area (Å²) >= 11 is 0. The van der Waals surface area contributed by atoms with Crippen LogP contribution in [-0.2, 0) is 0 Å². The first-order chi connectivity index (χ1) is 11.7. The number of carbonyl (C=O) groups excluding carboxylic acids is 1. The van der Waals surface area contributed by atoms with Crippen LogP contribution in [0.3, 0.4) is 0 Å². The van der Waals surface area contributed by atoms with Gasteiger partial charge in [-0.1, -0.05) is 13.3 Å². The molecule has 3 saturated heterocycles. The Labute approximate surface area is 143 Å². The molecule has 1 unspecified atom stereocenters. The molecule has 1 aliphatic carbocycles. The molecular formula is C20H26N2O2. The molecule has 24 heavy (non-hydrogen) atoms. The number of ether oxygens (including phenoxy) is 1. The van der Waals surface area contributed by atoms with E-state index in [9.17, 15) is 4.79 Å². The smallest absolute Gasteiger partial charge is 0.190 e. The number of rotatable bonds is 2. The van der Waals surface area contributed by atoms with Gasteiger partial charge in [0, 0.05) is 36.3 Å². The Kier molecular flexibility index (Phi) is 3.06. The Morgan fingerprint density at radius 2 is 2.25 bits per heavy atom. The van der Waals surface area contributed by atoms with Gasteiger partial charge in [-0.3, -0.25) is 9.69 Å². The quantitative estimate of drug-likeness (QED) is 0.906. The summed E-state index contributed by atoms with van der Waals surface area (Å²) in [5, 5.41) is 3.70. The maximum absolute atomic E-state index is 13.5. The number of ketones is 1. The third-order valence-electron chi connectivity index (χ3n) is 7.22. The maximum atomic E-state index is 13.5. The van der Waals surface area contributed by atoms with Crippen LogP contribution >= 0.6 is 0 Å². The molecule has 4 heteroatoms. The van der Waals surface area contributed by atoms with E-state index in [2.05, 4.69) is 17.1 Å². The summed E-state index contributed by atoms with van der Waals surface area (Å²) in [5.74, 6) is 3.07. The van der Waals surface area contributed by atoms with Crippen molar-refractivity contribution >= 4 is 11.5 Å². The zero-order valence-corrected chi connectivity index (χ0v) is 14.5. The van der Waals surface area contributed by atoms with Crippen LogP contribution in [0.25, 0.3) is 0 Å². The van der Waals surface area contributed by atoms with Crippen LogP contribution in [0.5, 0.6) is 5.75 Å².